The van der Waals surface area contributed by atoms with Crippen molar-refractivity contribution in [3.05, 3.63) is 29.3 Å². The van der Waals surface area contributed by atoms with Crippen molar-refractivity contribution in [2.24, 2.45) is 11.7 Å². The lowest BCUT2D eigenvalue weighted by atomic mass is 9.92. The molecule has 1 aliphatic heterocycles. The zero-order valence-corrected chi connectivity index (χ0v) is 15.2. The number of likely N-dealkylation sites (tertiary alicyclic amines) is 1. The van der Waals surface area contributed by atoms with Crippen LogP contribution in [0.2, 0.25) is 0 Å². The van der Waals surface area contributed by atoms with Crippen LogP contribution in [-0.2, 0) is 4.79 Å². The molecule has 1 fully saturated rings. The first kappa shape index (κ1) is 19.8. The summed E-state index contributed by atoms with van der Waals surface area (Å²) in [6.07, 6.45) is 2.50. The van der Waals surface area contributed by atoms with Crippen molar-refractivity contribution in [2.75, 3.05) is 19.7 Å². The van der Waals surface area contributed by atoms with Gasteiger partial charge in [-0.1, -0.05) is 19.1 Å². The molecular formula is C18H29ClN2O2. The van der Waals surface area contributed by atoms with Crippen molar-refractivity contribution in [1.82, 2.24) is 4.90 Å². The molecule has 2 unspecified atom stereocenters. The number of halogens is 1. The number of hydrogen-bond donors (Lipinski definition) is 1. The standard InChI is InChI=1S/C18H28N2O2.ClH/c1-13-7-9-20(16(11-13)12-19)18(21)8-10-22-17-6-4-5-14(2)15(17)3;/h4-6,13,16H,7-12,19H2,1-3H3;1H. The van der Waals surface area contributed by atoms with Gasteiger partial charge in [0.05, 0.1) is 13.0 Å². The molecule has 4 nitrogen and oxygen atoms in total. The molecule has 1 aromatic carbocycles. The van der Waals surface area contributed by atoms with Gasteiger partial charge in [0, 0.05) is 19.1 Å². The Hall–Kier alpha value is -1.26. The van der Waals surface area contributed by atoms with E-state index < -0.39 is 0 Å². The number of rotatable bonds is 5. The number of ether oxygens (including phenoxy) is 1. The van der Waals surface area contributed by atoms with E-state index in [4.69, 9.17) is 10.5 Å². The highest BCUT2D eigenvalue weighted by atomic mass is 35.5. The van der Waals surface area contributed by atoms with Crippen molar-refractivity contribution in [3.63, 3.8) is 0 Å². The minimum Gasteiger partial charge on any atom is -0.493 e. The highest BCUT2D eigenvalue weighted by Crippen LogP contribution is 2.23. The Morgan fingerprint density at radius 3 is 2.83 bits per heavy atom. The third-order valence-corrected chi connectivity index (χ3v) is 4.70. The first-order valence-corrected chi connectivity index (χ1v) is 8.21. The smallest absolute Gasteiger partial charge is 0.226 e. The summed E-state index contributed by atoms with van der Waals surface area (Å²) in [5, 5.41) is 0. The number of benzene rings is 1. The minimum atomic E-state index is 0. The summed E-state index contributed by atoms with van der Waals surface area (Å²) in [5.41, 5.74) is 8.17. The second kappa shape index (κ2) is 9.14. The summed E-state index contributed by atoms with van der Waals surface area (Å²) >= 11 is 0. The van der Waals surface area contributed by atoms with Gasteiger partial charge in [-0.05, 0) is 49.8 Å². The highest BCUT2D eigenvalue weighted by molar-refractivity contribution is 5.85. The molecule has 0 saturated carbocycles. The van der Waals surface area contributed by atoms with Crippen LogP contribution in [0.1, 0.15) is 37.3 Å². The zero-order chi connectivity index (χ0) is 16.1. The molecule has 0 spiro atoms. The summed E-state index contributed by atoms with van der Waals surface area (Å²) in [7, 11) is 0. The lowest BCUT2D eigenvalue weighted by molar-refractivity contribution is -0.135. The van der Waals surface area contributed by atoms with Crippen LogP contribution in [-0.4, -0.2) is 36.5 Å². The number of hydrogen-bond acceptors (Lipinski definition) is 3. The molecule has 2 atom stereocenters. The van der Waals surface area contributed by atoms with Crippen molar-refractivity contribution in [3.8, 4) is 5.75 Å². The van der Waals surface area contributed by atoms with E-state index in [1.54, 1.807) is 0 Å². The number of nitrogens with zero attached hydrogens (tertiary/aromatic N) is 1. The van der Waals surface area contributed by atoms with Crippen LogP contribution in [0, 0.1) is 19.8 Å². The molecule has 2 N–H and O–H groups in total. The first-order valence-electron chi connectivity index (χ1n) is 8.21. The van der Waals surface area contributed by atoms with Crippen LogP contribution in [0.25, 0.3) is 0 Å². The van der Waals surface area contributed by atoms with Crippen molar-refractivity contribution < 1.29 is 9.53 Å². The summed E-state index contributed by atoms with van der Waals surface area (Å²) in [6, 6.07) is 6.19. The third-order valence-electron chi connectivity index (χ3n) is 4.70. The van der Waals surface area contributed by atoms with Crippen LogP contribution in [0.5, 0.6) is 5.75 Å². The van der Waals surface area contributed by atoms with E-state index in [0.717, 1.165) is 30.7 Å². The van der Waals surface area contributed by atoms with Crippen LogP contribution in [0.15, 0.2) is 18.2 Å². The first-order chi connectivity index (χ1) is 10.5. The number of aryl methyl sites for hydroxylation is 1. The Bertz CT molecular complexity index is 522. The summed E-state index contributed by atoms with van der Waals surface area (Å²) in [4.78, 5) is 14.4. The summed E-state index contributed by atoms with van der Waals surface area (Å²) in [6.45, 7) is 8.14. The average molecular weight is 341 g/mol. The molecule has 1 aromatic rings. The third kappa shape index (κ3) is 5.11. The predicted molar refractivity (Wildman–Crippen MR) is 96.2 cm³/mol. The Balaban J connectivity index is 0.00000264. The Morgan fingerprint density at radius 2 is 2.13 bits per heavy atom. The van der Waals surface area contributed by atoms with E-state index in [9.17, 15) is 4.79 Å². The molecule has 1 amide bonds. The molecule has 1 aliphatic rings. The molecule has 2 rings (SSSR count). The SMILES string of the molecule is Cc1cccc(OCCC(=O)N2CCC(C)CC2CN)c1C.Cl. The molecular weight excluding hydrogens is 312 g/mol. The van der Waals surface area contributed by atoms with E-state index in [-0.39, 0.29) is 24.4 Å². The number of nitrogens with two attached hydrogens (primary N) is 1. The zero-order valence-electron chi connectivity index (χ0n) is 14.4. The molecule has 1 saturated heterocycles. The Kier molecular flexibility index (Phi) is 7.86. The molecule has 130 valence electrons. The number of piperidine rings is 1. The van der Waals surface area contributed by atoms with Gasteiger partial charge in [0.1, 0.15) is 5.75 Å². The monoisotopic (exact) mass is 340 g/mol. The van der Waals surface area contributed by atoms with Crippen LogP contribution < -0.4 is 10.5 Å². The lowest BCUT2D eigenvalue weighted by Crippen LogP contribution is -2.49. The minimum absolute atomic E-state index is 0. The molecule has 1 heterocycles. The van der Waals surface area contributed by atoms with E-state index in [0.29, 0.717) is 25.5 Å². The molecule has 0 radical (unpaired) electrons. The number of carbonyl (C=O) groups is 1. The van der Waals surface area contributed by atoms with Gasteiger partial charge in [0.2, 0.25) is 5.91 Å². The second-order valence-corrected chi connectivity index (χ2v) is 6.40. The molecule has 23 heavy (non-hydrogen) atoms. The predicted octanol–water partition coefficient (Wildman–Crippen LogP) is 3.08. The fourth-order valence-corrected chi connectivity index (χ4v) is 3.08. The second-order valence-electron chi connectivity index (χ2n) is 6.40. The normalized spacial score (nSPS) is 20.8. The maximum atomic E-state index is 12.4. The van der Waals surface area contributed by atoms with Gasteiger partial charge in [0.25, 0.3) is 0 Å². The largest absolute Gasteiger partial charge is 0.493 e. The molecule has 0 aliphatic carbocycles. The molecule has 5 heteroatoms. The Morgan fingerprint density at radius 1 is 1.39 bits per heavy atom. The van der Waals surface area contributed by atoms with Crippen molar-refractivity contribution in [1.29, 1.82) is 0 Å². The number of amides is 1. The summed E-state index contributed by atoms with van der Waals surface area (Å²) in [5.74, 6) is 1.69. The van der Waals surface area contributed by atoms with Crippen LogP contribution in [0.3, 0.4) is 0 Å². The molecule has 0 aromatic heterocycles. The topological polar surface area (TPSA) is 55.6 Å². The van der Waals surface area contributed by atoms with Crippen molar-refractivity contribution in [2.45, 2.75) is 46.1 Å². The average Bonchev–Trinajstić information content (AvgIpc) is 2.51. The van der Waals surface area contributed by atoms with Crippen LogP contribution >= 0.6 is 12.4 Å². The maximum absolute atomic E-state index is 12.4. The van der Waals surface area contributed by atoms with E-state index in [1.807, 2.05) is 24.0 Å². The maximum Gasteiger partial charge on any atom is 0.226 e. The van der Waals surface area contributed by atoms with E-state index in [1.165, 1.54) is 5.56 Å². The van der Waals surface area contributed by atoms with E-state index in [2.05, 4.69) is 19.9 Å². The van der Waals surface area contributed by atoms with Gasteiger partial charge in [-0.2, -0.15) is 0 Å². The van der Waals surface area contributed by atoms with E-state index >= 15 is 0 Å². The summed E-state index contributed by atoms with van der Waals surface area (Å²) < 4.78 is 5.79. The molecule has 0 bridgehead atoms. The fraction of sp³-hybridized carbons (Fsp3) is 0.611. The lowest BCUT2D eigenvalue weighted by Gasteiger charge is -2.38. The van der Waals surface area contributed by atoms with Crippen LogP contribution in [0.4, 0.5) is 0 Å². The van der Waals surface area contributed by atoms with Gasteiger partial charge in [-0.15, -0.1) is 12.4 Å². The Labute approximate surface area is 145 Å². The highest BCUT2D eigenvalue weighted by Gasteiger charge is 2.28. The quantitative estimate of drug-likeness (QED) is 0.896. The number of carbonyl (C=O) groups excluding carboxylic acids is 1. The van der Waals surface area contributed by atoms with Crippen molar-refractivity contribution >= 4 is 18.3 Å². The fourth-order valence-electron chi connectivity index (χ4n) is 3.08. The van der Waals surface area contributed by atoms with Gasteiger partial charge in [-0.3, -0.25) is 4.79 Å². The van der Waals surface area contributed by atoms with Gasteiger partial charge >= 0.3 is 0 Å². The van der Waals surface area contributed by atoms with Gasteiger partial charge in [-0.25, -0.2) is 0 Å². The van der Waals surface area contributed by atoms with Gasteiger partial charge in [0.15, 0.2) is 0 Å². The van der Waals surface area contributed by atoms with Gasteiger partial charge < -0.3 is 15.4 Å².